The average molecular weight is 974 g/mol. The number of phenolic OH excluding ortho intramolecular Hbond substituents is 1. The smallest absolute Gasteiger partial charge is 0.410 e. The monoisotopic (exact) mass is 971 g/mol. The van der Waals surface area contributed by atoms with E-state index < -0.39 is 12.2 Å². The number of rotatable bonds is 9. The summed E-state index contributed by atoms with van der Waals surface area (Å²) >= 11 is 8.84. The van der Waals surface area contributed by atoms with Crippen molar-refractivity contribution >= 4 is 84.1 Å². The molecule has 288 valence electrons. The van der Waals surface area contributed by atoms with Crippen molar-refractivity contribution in [2.45, 2.75) is 83.3 Å². The lowest BCUT2D eigenvalue weighted by Crippen LogP contribution is -2.55. The molecule has 2 amide bonds. The molecule has 1 unspecified atom stereocenters. The maximum Gasteiger partial charge on any atom is 0.410 e. The highest BCUT2D eigenvalue weighted by Gasteiger charge is 2.38. The minimum Gasteiger partial charge on any atom is -0.595 e. The van der Waals surface area contributed by atoms with Gasteiger partial charge in [0.05, 0.1) is 15.6 Å². The molecule has 1 saturated carbocycles. The second kappa shape index (κ2) is 18.3. The molecule has 53 heavy (non-hydrogen) atoms. The molecule has 3 heterocycles. The summed E-state index contributed by atoms with van der Waals surface area (Å²) in [5.74, 6) is 0.115. The Morgan fingerprint density at radius 1 is 0.943 bits per heavy atom. The number of carbonyl (C=O) groups is 3. The number of carbonyl (C=O) groups excluding carboxylic acids is 3. The molecular formula is C38H48Br2IN5O7. The minimum atomic E-state index is -1.05. The molecule has 2 saturated heterocycles. The number of amides is 2. The van der Waals surface area contributed by atoms with Crippen molar-refractivity contribution in [1.82, 2.24) is 14.7 Å². The van der Waals surface area contributed by atoms with Crippen LogP contribution in [-0.2, 0) is 31.9 Å². The Morgan fingerprint density at radius 3 is 2.26 bits per heavy atom. The number of benzene rings is 2. The van der Waals surface area contributed by atoms with Gasteiger partial charge in [-0.25, -0.2) is 4.79 Å². The fourth-order valence-electron chi connectivity index (χ4n) is 8.23. The number of ether oxygens (including phenoxy) is 2. The van der Waals surface area contributed by atoms with Gasteiger partial charge >= 0.3 is 12.1 Å². The lowest BCUT2D eigenvalue weighted by Gasteiger charge is -2.42. The minimum absolute atomic E-state index is 0.0381. The summed E-state index contributed by atoms with van der Waals surface area (Å²) in [5.41, 5.74) is 3.59. The van der Waals surface area contributed by atoms with Crippen LogP contribution < -0.4 is 3.22 Å². The highest BCUT2D eigenvalue weighted by Crippen LogP contribution is 2.35. The Balaban J connectivity index is 1.06. The van der Waals surface area contributed by atoms with Crippen molar-refractivity contribution in [2.75, 3.05) is 49.1 Å². The third-order valence-corrected chi connectivity index (χ3v) is 13.3. The first-order valence-corrected chi connectivity index (χ1v) is 21.2. The molecule has 4 aliphatic rings. The van der Waals surface area contributed by atoms with E-state index in [0.29, 0.717) is 79.4 Å². The fraction of sp³-hybridized carbons (Fsp3) is 0.579. The maximum absolute atomic E-state index is 14.1. The van der Waals surface area contributed by atoms with Gasteiger partial charge < -0.3 is 29.6 Å². The number of halogens is 3. The topological polar surface area (TPSA) is 129 Å². The first-order valence-electron chi connectivity index (χ1n) is 18.7. The summed E-state index contributed by atoms with van der Waals surface area (Å²) in [5, 5.41) is 23.7. The molecule has 0 aromatic heterocycles. The van der Waals surface area contributed by atoms with E-state index in [4.69, 9.17) is 9.47 Å². The van der Waals surface area contributed by atoms with Crippen molar-refractivity contribution in [3.63, 3.8) is 0 Å². The number of para-hydroxylation sites is 1. The Morgan fingerprint density at radius 2 is 1.60 bits per heavy atom. The largest absolute Gasteiger partial charge is 0.595 e. The molecule has 3 aliphatic heterocycles. The van der Waals surface area contributed by atoms with Gasteiger partial charge in [0, 0.05) is 70.5 Å². The number of anilines is 1. The Kier molecular flexibility index (Phi) is 13.9. The predicted molar refractivity (Wildman–Crippen MR) is 217 cm³/mol. The number of piperazine rings is 1. The number of fused-ring (bicyclic) bond motifs is 1. The molecule has 0 spiro atoms. The van der Waals surface area contributed by atoms with Crippen LogP contribution in [0.1, 0.15) is 69.4 Å². The van der Waals surface area contributed by atoms with E-state index in [1.165, 1.54) is 0 Å². The van der Waals surface area contributed by atoms with Gasteiger partial charge in [-0.2, -0.15) is 0 Å². The van der Waals surface area contributed by atoms with Crippen LogP contribution in [0.5, 0.6) is 5.75 Å². The van der Waals surface area contributed by atoms with Crippen LogP contribution in [0.15, 0.2) is 45.3 Å². The third-order valence-electron chi connectivity index (χ3n) is 11.2. The highest BCUT2D eigenvalue weighted by atomic mass is 127. The van der Waals surface area contributed by atoms with Gasteiger partial charge in [0.15, 0.2) is 6.10 Å². The lowest BCUT2D eigenvalue weighted by atomic mass is 9.83. The van der Waals surface area contributed by atoms with Gasteiger partial charge in [-0.15, -0.1) is 0 Å². The number of hydrogen-bond donors (Lipinski definition) is 1. The number of nitrogens with zero attached hydrogens (tertiary/aromatic N) is 5. The van der Waals surface area contributed by atoms with Crippen molar-refractivity contribution in [2.24, 2.45) is 11.8 Å². The van der Waals surface area contributed by atoms with E-state index in [2.05, 4.69) is 65.7 Å². The number of hydrazone groups is 1. The van der Waals surface area contributed by atoms with E-state index in [1.807, 2.05) is 25.1 Å². The van der Waals surface area contributed by atoms with Crippen molar-refractivity contribution in [3.8, 4) is 5.75 Å². The molecule has 0 radical (unpaired) electrons. The maximum atomic E-state index is 14.1. The molecule has 2 aromatic carbocycles. The highest BCUT2D eigenvalue weighted by molar-refractivity contribution is 14.1. The summed E-state index contributed by atoms with van der Waals surface area (Å²) in [4.78, 5) is 46.7. The summed E-state index contributed by atoms with van der Waals surface area (Å²) in [7, 11) is 0. The second-order valence-corrected chi connectivity index (χ2v) is 17.1. The van der Waals surface area contributed by atoms with Crippen LogP contribution in [0.2, 0.25) is 0 Å². The Bertz CT molecular complexity index is 1650. The molecule has 1 atom stereocenters. The van der Waals surface area contributed by atoms with Gasteiger partial charge in [0.25, 0.3) is 5.91 Å². The quantitative estimate of drug-likeness (QED) is 0.0929. The number of phenols is 1. The van der Waals surface area contributed by atoms with Crippen LogP contribution in [0, 0.1) is 17.0 Å². The molecule has 3 fully saturated rings. The molecule has 12 nitrogen and oxygen atoms in total. The average Bonchev–Trinajstić information content (AvgIpc) is 3.29. The van der Waals surface area contributed by atoms with Gasteiger partial charge in [0.1, 0.15) is 34.3 Å². The zero-order valence-electron chi connectivity index (χ0n) is 30.1. The number of likely N-dealkylation sites (tertiary alicyclic amines) is 1. The molecular weight excluding hydrogens is 925 g/mol. The van der Waals surface area contributed by atoms with Crippen LogP contribution in [0.4, 0.5) is 10.5 Å². The van der Waals surface area contributed by atoms with Crippen molar-refractivity contribution < 1.29 is 33.8 Å². The number of aromatic hydroxyl groups is 1. The molecule has 0 bridgehead atoms. The Hall–Kier alpha value is -2.63. The molecule has 1 aliphatic carbocycles. The SMILES string of the molecule is CCOC(=O)CC1CCC(N2CCN(C(=O)C(Cc3cc(Br)c(O)c(Br)c3)OC(=O)N3CCC(C4=[N+]([O-])N(I)c5ccccc5CC4)CC3)CC2)CC1. The molecule has 2 aromatic rings. The summed E-state index contributed by atoms with van der Waals surface area (Å²) in [6.45, 7) is 5.63. The van der Waals surface area contributed by atoms with Gasteiger partial charge in [-0.05, 0) is 119 Å². The number of aryl methyl sites for hydroxylation is 1. The van der Waals surface area contributed by atoms with Gasteiger partial charge in [0.2, 0.25) is 5.71 Å². The van der Waals surface area contributed by atoms with E-state index in [9.17, 15) is 24.7 Å². The van der Waals surface area contributed by atoms with Crippen LogP contribution in [0.3, 0.4) is 0 Å². The summed E-state index contributed by atoms with van der Waals surface area (Å²) in [6, 6.07) is 11.9. The summed E-state index contributed by atoms with van der Waals surface area (Å²) < 4.78 is 13.8. The molecule has 15 heteroatoms. The van der Waals surface area contributed by atoms with E-state index in [-0.39, 0.29) is 30.0 Å². The zero-order valence-corrected chi connectivity index (χ0v) is 35.4. The number of esters is 1. The molecule has 6 rings (SSSR count). The normalized spacial score (nSPS) is 22.2. The second-order valence-electron chi connectivity index (χ2n) is 14.4. The lowest BCUT2D eigenvalue weighted by molar-refractivity contribution is -0.448. The van der Waals surface area contributed by atoms with Crippen molar-refractivity contribution in [1.29, 1.82) is 0 Å². The first-order chi connectivity index (χ1) is 25.5. The third kappa shape index (κ3) is 9.79. The van der Waals surface area contributed by atoms with Crippen molar-refractivity contribution in [3.05, 3.63) is 61.7 Å². The predicted octanol–water partition coefficient (Wildman–Crippen LogP) is 7.00. The molecule has 1 N–H and O–H groups in total. The Labute approximate surface area is 342 Å². The van der Waals surface area contributed by atoms with Crippen LogP contribution in [0.25, 0.3) is 0 Å². The van der Waals surface area contributed by atoms with E-state index in [0.717, 1.165) is 72.6 Å². The number of piperidine rings is 1. The first kappa shape index (κ1) is 40.0. The van der Waals surface area contributed by atoms with Gasteiger partial charge in [-0.3, -0.25) is 14.5 Å². The van der Waals surface area contributed by atoms with Gasteiger partial charge in [-0.1, -0.05) is 26.3 Å². The summed E-state index contributed by atoms with van der Waals surface area (Å²) in [6.07, 6.45) is 5.80. The standard InChI is InChI=1S/C38H48Br2IN5O7/c1-2-52-35(47)24-25-7-10-29(11-8-25)42-17-19-43(20-18-42)37(49)34(23-26-21-30(39)36(48)31(40)22-26)53-38(50)44-15-13-28(14-16-44)33-12-9-27-5-3-4-6-32(27)45(41)46(33)51/h3-6,21-22,25,28-29,34,48H,2,7-20,23-24H2,1H3. The van der Waals surface area contributed by atoms with Crippen LogP contribution in [-0.4, -0.2) is 106 Å². The van der Waals surface area contributed by atoms with E-state index >= 15 is 0 Å². The fourth-order valence-corrected chi connectivity index (χ4v) is 10.3. The number of hydrazine groups is 1. The van der Waals surface area contributed by atoms with E-state index in [1.54, 1.807) is 25.2 Å². The number of hydrogen-bond acceptors (Lipinski definition) is 9. The van der Waals surface area contributed by atoms with Crippen LogP contribution >= 0.6 is 54.7 Å². The zero-order chi connectivity index (χ0) is 37.6.